The quantitative estimate of drug-likeness (QED) is 0.308. The number of benzene rings is 1. The molecule has 1 aliphatic heterocycles. The van der Waals surface area contributed by atoms with Crippen LogP contribution in [0, 0.1) is 11.3 Å². The zero-order valence-electron chi connectivity index (χ0n) is 28.3. The van der Waals surface area contributed by atoms with E-state index in [0.717, 1.165) is 5.69 Å². The number of β-amino-alcohol motifs (C(OH)–C–C–N with tert-alkyl or cyclic N) is 1. The first kappa shape index (κ1) is 35.5. The van der Waals surface area contributed by atoms with Crippen molar-refractivity contribution in [3.8, 4) is 0 Å². The second kappa shape index (κ2) is 12.0. The molecule has 0 unspecified atom stereocenters. The van der Waals surface area contributed by atoms with E-state index >= 15 is 0 Å². The van der Waals surface area contributed by atoms with Gasteiger partial charge < -0.3 is 30.3 Å². The van der Waals surface area contributed by atoms with E-state index in [1.54, 1.807) is 66.7 Å². The predicted molar refractivity (Wildman–Crippen MR) is 172 cm³/mol. The highest BCUT2D eigenvalue weighted by Crippen LogP contribution is 2.45. The van der Waals surface area contributed by atoms with Crippen LogP contribution in [0.25, 0.3) is 0 Å². The minimum atomic E-state index is -3.86. The van der Waals surface area contributed by atoms with Crippen LogP contribution in [0.15, 0.2) is 24.3 Å². The van der Waals surface area contributed by atoms with Gasteiger partial charge in [0.2, 0.25) is 21.8 Å². The van der Waals surface area contributed by atoms with Crippen molar-refractivity contribution in [3.05, 3.63) is 29.8 Å². The fourth-order valence-corrected chi connectivity index (χ4v) is 7.20. The summed E-state index contributed by atoms with van der Waals surface area (Å²) in [6.45, 7) is 11.8. The molecule has 3 fully saturated rings. The van der Waals surface area contributed by atoms with Crippen molar-refractivity contribution in [2.24, 2.45) is 11.3 Å². The number of nitrogens with zero attached hydrogens (tertiary/aromatic N) is 2. The Morgan fingerprint density at radius 2 is 1.67 bits per heavy atom. The van der Waals surface area contributed by atoms with Gasteiger partial charge in [-0.25, -0.2) is 13.2 Å². The van der Waals surface area contributed by atoms with Crippen molar-refractivity contribution in [2.45, 2.75) is 108 Å². The Morgan fingerprint density at radius 3 is 2.17 bits per heavy atom. The average molecular weight is 664 g/mol. The molecule has 3 aliphatic rings. The number of alkyl carbamates (subject to hydrolysis) is 1. The molecule has 5 atom stereocenters. The van der Waals surface area contributed by atoms with Crippen molar-refractivity contribution in [3.63, 3.8) is 0 Å². The van der Waals surface area contributed by atoms with Crippen LogP contribution < -0.4 is 20.3 Å². The first-order valence-electron chi connectivity index (χ1n) is 15.7. The molecule has 256 valence electrons. The lowest BCUT2D eigenvalue weighted by molar-refractivity contribution is -0.143. The number of likely N-dealkylation sites (tertiary alicyclic amines) is 1. The van der Waals surface area contributed by atoms with Crippen LogP contribution in [0.5, 0.6) is 0 Å². The molecule has 0 radical (unpaired) electrons. The van der Waals surface area contributed by atoms with Crippen LogP contribution in [0.3, 0.4) is 0 Å². The van der Waals surface area contributed by atoms with E-state index in [4.69, 9.17) is 4.74 Å². The van der Waals surface area contributed by atoms with Gasteiger partial charge in [-0.1, -0.05) is 39.8 Å². The average Bonchev–Trinajstić information content (AvgIpc) is 3.84. The Morgan fingerprint density at radius 1 is 1.07 bits per heavy atom. The van der Waals surface area contributed by atoms with Gasteiger partial charge in [0.25, 0.3) is 5.91 Å². The first-order chi connectivity index (χ1) is 21.0. The molecule has 1 aromatic rings. The lowest BCUT2D eigenvalue weighted by Crippen LogP contribution is -2.60. The number of anilines is 1. The molecule has 14 heteroatoms. The summed E-state index contributed by atoms with van der Waals surface area (Å²) >= 11 is 0. The van der Waals surface area contributed by atoms with Gasteiger partial charge in [-0.3, -0.25) is 19.1 Å². The zero-order valence-corrected chi connectivity index (χ0v) is 29.1. The number of ether oxygens (including phenoxy) is 1. The number of amides is 4. The molecule has 4 N–H and O–H groups in total. The molecule has 1 aromatic carbocycles. The van der Waals surface area contributed by atoms with E-state index in [1.807, 2.05) is 25.1 Å². The van der Waals surface area contributed by atoms with Crippen LogP contribution >= 0.6 is 0 Å². The minimum absolute atomic E-state index is 0.197. The summed E-state index contributed by atoms with van der Waals surface area (Å²) in [6, 6.07) is 4.75. The van der Waals surface area contributed by atoms with E-state index in [0.29, 0.717) is 18.4 Å². The third-order valence-electron chi connectivity index (χ3n) is 8.86. The summed E-state index contributed by atoms with van der Waals surface area (Å²) < 4.78 is 32.7. The molecule has 0 bridgehead atoms. The van der Waals surface area contributed by atoms with E-state index in [9.17, 15) is 32.7 Å². The predicted octanol–water partition coefficient (Wildman–Crippen LogP) is 1.98. The topological polar surface area (TPSA) is 174 Å². The number of hydrogen-bond acceptors (Lipinski definition) is 9. The molecule has 4 rings (SSSR count). The number of hydrogen-bond donors (Lipinski definition) is 4. The highest BCUT2D eigenvalue weighted by molar-refractivity contribution is 7.91. The monoisotopic (exact) mass is 663 g/mol. The second-order valence-electron chi connectivity index (χ2n) is 15.3. The summed E-state index contributed by atoms with van der Waals surface area (Å²) in [5.74, 6) is -2.49. The molecule has 2 saturated carbocycles. The van der Waals surface area contributed by atoms with Crippen LogP contribution in [0.4, 0.5) is 10.5 Å². The maximum absolute atomic E-state index is 14.3. The van der Waals surface area contributed by atoms with Crippen LogP contribution in [-0.2, 0) is 34.7 Å². The van der Waals surface area contributed by atoms with Crippen molar-refractivity contribution < 1.29 is 37.4 Å². The highest BCUT2D eigenvalue weighted by atomic mass is 32.2. The van der Waals surface area contributed by atoms with Gasteiger partial charge in [-0.15, -0.1) is 0 Å². The maximum Gasteiger partial charge on any atom is 0.408 e. The Labute approximate surface area is 271 Å². The molecular weight excluding hydrogens is 614 g/mol. The highest BCUT2D eigenvalue weighted by Gasteiger charge is 2.61. The largest absolute Gasteiger partial charge is 0.444 e. The van der Waals surface area contributed by atoms with Crippen molar-refractivity contribution in [1.29, 1.82) is 0 Å². The molecule has 1 heterocycles. The Kier molecular flexibility index (Phi) is 9.25. The maximum atomic E-state index is 14.3. The minimum Gasteiger partial charge on any atom is -0.444 e. The number of carbonyl (C=O) groups is 4. The third-order valence-corrected chi connectivity index (χ3v) is 10.7. The summed E-state index contributed by atoms with van der Waals surface area (Å²) in [4.78, 5) is 57.7. The van der Waals surface area contributed by atoms with Gasteiger partial charge in [0.1, 0.15) is 28.8 Å². The lowest BCUT2D eigenvalue weighted by Gasteiger charge is -2.36. The Hall–Kier alpha value is -3.39. The van der Waals surface area contributed by atoms with Crippen LogP contribution in [-0.4, -0.2) is 91.4 Å². The number of sulfonamides is 1. The van der Waals surface area contributed by atoms with Crippen molar-refractivity contribution >= 4 is 39.5 Å². The SMILES string of the molecule is C[C@@H]1C[C@]1(NC(=O)[C@@H]1C[C@@](O)(c2cccc(N(C)C)c2)CN1C(=O)[C@@H](NC(=O)OC(C)(C)C)C(C)(C)C)C(=O)NS(=O)(=O)C1CC1. The van der Waals surface area contributed by atoms with Crippen LogP contribution in [0.2, 0.25) is 0 Å². The Bertz CT molecular complexity index is 1500. The Balaban J connectivity index is 1.67. The van der Waals surface area contributed by atoms with Gasteiger partial charge in [0.15, 0.2) is 0 Å². The number of rotatable bonds is 9. The molecule has 0 aromatic heterocycles. The standard InChI is InChI=1S/C32H49N5O8S/c1-19-16-32(19,27(40)35-46(43,44)22-13-14-22)34-25(38)23-17-31(42,20-11-10-12-21(15-20)36(8)9)18-37(23)26(39)24(29(2,3)4)33-28(41)45-30(5,6)7/h10-12,15,19,22-24,42H,13-14,16-18H2,1-9H3,(H,33,41)(H,34,38)(H,35,40)/t19-,23+,24-,31+,32-/m1/s1. The van der Waals surface area contributed by atoms with E-state index in [-0.39, 0.29) is 25.3 Å². The van der Waals surface area contributed by atoms with E-state index < -0.39 is 73.3 Å². The van der Waals surface area contributed by atoms with Crippen LogP contribution in [0.1, 0.15) is 79.7 Å². The molecular formula is C32H49N5O8S. The second-order valence-corrected chi connectivity index (χ2v) is 17.3. The number of nitrogens with one attached hydrogen (secondary N) is 3. The smallest absolute Gasteiger partial charge is 0.408 e. The van der Waals surface area contributed by atoms with E-state index in [2.05, 4.69) is 15.4 Å². The zero-order chi connectivity index (χ0) is 34.6. The molecule has 4 amide bonds. The molecule has 2 aliphatic carbocycles. The van der Waals surface area contributed by atoms with Gasteiger partial charge in [-0.05, 0) is 69.1 Å². The summed E-state index contributed by atoms with van der Waals surface area (Å²) in [7, 11) is -0.157. The van der Waals surface area contributed by atoms with Gasteiger partial charge in [0.05, 0.1) is 11.8 Å². The summed E-state index contributed by atoms with van der Waals surface area (Å²) in [6.07, 6.45) is 0.143. The first-order valence-corrected chi connectivity index (χ1v) is 17.2. The summed E-state index contributed by atoms with van der Waals surface area (Å²) in [5, 5.41) is 16.9. The number of aliphatic hydroxyl groups is 1. The van der Waals surface area contributed by atoms with Crippen molar-refractivity contribution in [1.82, 2.24) is 20.3 Å². The summed E-state index contributed by atoms with van der Waals surface area (Å²) in [5.41, 5.74) is -3.50. The fraction of sp³-hybridized carbons (Fsp3) is 0.688. The molecule has 1 saturated heterocycles. The van der Waals surface area contributed by atoms with Gasteiger partial charge >= 0.3 is 6.09 Å². The van der Waals surface area contributed by atoms with Gasteiger partial charge in [-0.2, -0.15) is 0 Å². The molecule has 13 nitrogen and oxygen atoms in total. The molecule has 0 spiro atoms. The van der Waals surface area contributed by atoms with Gasteiger partial charge in [0, 0.05) is 26.2 Å². The molecule has 46 heavy (non-hydrogen) atoms. The fourth-order valence-electron chi connectivity index (χ4n) is 5.83. The van der Waals surface area contributed by atoms with Crippen molar-refractivity contribution in [2.75, 3.05) is 25.5 Å². The van der Waals surface area contributed by atoms with E-state index in [1.165, 1.54) is 4.90 Å². The lowest BCUT2D eigenvalue weighted by atomic mass is 9.85. The third kappa shape index (κ3) is 7.59. The number of carbonyl (C=O) groups excluding carboxylic acids is 4. The normalized spacial score (nSPS) is 27.0.